The summed E-state index contributed by atoms with van der Waals surface area (Å²) >= 11 is 4.86. The summed E-state index contributed by atoms with van der Waals surface area (Å²) in [6.07, 6.45) is 0. The maximum absolute atomic E-state index is 4.86. The van der Waals surface area contributed by atoms with Crippen LogP contribution in [0.1, 0.15) is 13.8 Å². The number of ether oxygens (including phenoxy) is 1. The van der Waals surface area contributed by atoms with Gasteiger partial charge in [0.1, 0.15) is 0 Å². The number of nitrogens with zero attached hydrogens (tertiary/aromatic N) is 1. The second-order valence-corrected chi connectivity index (χ2v) is 2.52. The van der Waals surface area contributed by atoms with Crippen LogP contribution in [-0.2, 0) is 4.74 Å². The van der Waals surface area contributed by atoms with Crippen molar-refractivity contribution in [2.24, 2.45) is 0 Å². The predicted molar refractivity (Wildman–Crippen MR) is 42.5 cm³/mol. The first kappa shape index (κ1) is 8.69. The summed E-state index contributed by atoms with van der Waals surface area (Å²) in [6, 6.07) is 0.414. The summed E-state index contributed by atoms with van der Waals surface area (Å²) in [5.74, 6) is 0. The number of thiocarbonyl (C=S) groups is 1. The van der Waals surface area contributed by atoms with E-state index in [1.165, 1.54) is 0 Å². The molecule has 0 heterocycles. The van der Waals surface area contributed by atoms with Crippen molar-refractivity contribution in [3.05, 3.63) is 0 Å². The summed E-state index contributed by atoms with van der Waals surface area (Å²) in [4.78, 5) is 1.90. The molecule has 0 aromatic heterocycles. The smallest absolute Gasteiger partial charge is 0.258 e. The lowest BCUT2D eigenvalue weighted by Gasteiger charge is -2.21. The summed E-state index contributed by atoms with van der Waals surface area (Å²) in [7, 11) is 3.50. The molecule has 0 radical (unpaired) electrons. The van der Waals surface area contributed by atoms with Gasteiger partial charge in [-0.15, -0.1) is 0 Å². The van der Waals surface area contributed by atoms with Gasteiger partial charge in [-0.25, -0.2) is 0 Å². The van der Waals surface area contributed by atoms with E-state index in [0.717, 1.165) is 0 Å². The number of hydrogen-bond donors (Lipinski definition) is 0. The summed E-state index contributed by atoms with van der Waals surface area (Å²) in [6.45, 7) is 4.12. The molecule has 0 aromatic carbocycles. The molecule has 0 aliphatic heterocycles. The van der Waals surface area contributed by atoms with E-state index in [0.29, 0.717) is 11.2 Å². The van der Waals surface area contributed by atoms with Crippen LogP contribution in [0, 0.1) is 0 Å². The summed E-state index contributed by atoms with van der Waals surface area (Å²) in [5, 5.41) is 0.546. The van der Waals surface area contributed by atoms with E-state index >= 15 is 0 Å². The molecule has 0 aromatic rings. The van der Waals surface area contributed by atoms with Crippen LogP contribution in [0.2, 0.25) is 0 Å². The first-order valence-corrected chi connectivity index (χ1v) is 3.31. The molecule has 0 aliphatic carbocycles. The van der Waals surface area contributed by atoms with Gasteiger partial charge >= 0.3 is 0 Å². The van der Waals surface area contributed by atoms with Crippen LogP contribution in [0.4, 0.5) is 0 Å². The van der Waals surface area contributed by atoms with Crippen molar-refractivity contribution >= 4 is 17.4 Å². The van der Waals surface area contributed by atoms with E-state index in [9.17, 15) is 0 Å². The van der Waals surface area contributed by atoms with Crippen LogP contribution < -0.4 is 0 Å². The fourth-order valence-corrected chi connectivity index (χ4v) is 0.566. The Morgan fingerprint density at radius 3 is 2.11 bits per heavy atom. The SMILES string of the molecule is COC(=S)N(C)C(C)C. The molecule has 0 amide bonds. The molecule has 0 saturated heterocycles. The maximum Gasteiger partial charge on any atom is 0.258 e. The van der Waals surface area contributed by atoms with Crippen molar-refractivity contribution < 1.29 is 4.74 Å². The molecule has 0 fully saturated rings. The molecule has 0 atom stereocenters. The van der Waals surface area contributed by atoms with E-state index in [1.807, 2.05) is 11.9 Å². The van der Waals surface area contributed by atoms with Crippen molar-refractivity contribution in [2.45, 2.75) is 19.9 Å². The molecule has 0 bridgehead atoms. The average Bonchev–Trinajstić information content (AvgIpc) is 1.84. The van der Waals surface area contributed by atoms with Gasteiger partial charge < -0.3 is 9.64 Å². The highest BCUT2D eigenvalue weighted by Crippen LogP contribution is 1.95. The van der Waals surface area contributed by atoms with Crippen LogP contribution in [-0.4, -0.2) is 30.3 Å². The third-order valence-corrected chi connectivity index (χ3v) is 1.69. The van der Waals surface area contributed by atoms with Crippen molar-refractivity contribution in [3.63, 3.8) is 0 Å². The quantitative estimate of drug-likeness (QED) is 0.518. The van der Waals surface area contributed by atoms with Crippen LogP contribution in [0.15, 0.2) is 0 Å². The molecular formula is C6H13NOS. The fraction of sp³-hybridized carbons (Fsp3) is 0.833. The van der Waals surface area contributed by atoms with Crippen LogP contribution in [0.25, 0.3) is 0 Å². The third-order valence-electron chi connectivity index (χ3n) is 1.24. The van der Waals surface area contributed by atoms with Crippen molar-refractivity contribution in [1.29, 1.82) is 0 Å². The second-order valence-electron chi connectivity index (χ2n) is 2.17. The molecule has 0 N–H and O–H groups in total. The lowest BCUT2D eigenvalue weighted by molar-refractivity contribution is 0.294. The van der Waals surface area contributed by atoms with Gasteiger partial charge in [-0.3, -0.25) is 0 Å². The normalized spacial score (nSPS) is 9.44. The number of methoxy groups -OCH3 is 1. The Bertz CT molecular complexity index is 103. The molecule has 2 nitrogen and oxygen atoms in total. The van der Waals surface area contributed by atoms with E-state index in [-0.39, 0.29) is 0 Å². The largest absolute Gasteiger partial charge is 0.474 e. The zero-order valence-electron chi connectivity index (χ0n) is 6.34. The Morgan fingerprint density at radius 2 is 2.00 bits per heavy atom. The number of hydrogen-bond acceptors (Lipinski definition) is 2. The Hall–Kier alpha value is -0.310. The first-order chi connectivity index (χ1) is 4.09. The topological polar surface area (TPSA) is 12.5 Å². The highest BCUT2D eigenvalue weighted by atomic mass is 32.1. The van der Waals surface area contributed by atoms with Gasteiger partial charge in [-0.2, -0.15) is 0 Å². The van der Waals surface area contributed by atoms with Crippen LogP contribution in [0.5, 0.6) is 0 Å². The molecular weight excluding hydrogens is 134 g/mol. The second kappa shape index (κ2) is 3.67. The minimum absolute atomic E-state index is 0.414. The Labute approximate surface area is 61.8 Å². The lowest BCUT2D eigenvalue weighted by atomic mass is 10.4. The molecule has 54 valence electrons. The Morgan fingerprint density at radius 1 is 1.56 bits per heavy atom. The number of rotatable bonds is 1. The fourth-order valence-electron chi connectivity index (χ4n) is 0.355. The van der Waals surface area contributed by atoms with Gasteiger partial charge in [0.15, 0.2) is 0 Å². The van der Waals surface area contributed by atoms with Crippen LogP contribution in [0.3, 0.4) is 0 Å². The molecule has 3 heteroatoms. The van der Waals surface area contributed by atoms with Gasteiger partial charge in [0.2, 0.25) is 0 Å². The molecule has 0 saturated carbocycles. The van der Waals surface area contributed by atoms with Gasteiger partial charge in [-0.05, 0) is 26.1 Å². The first-order valence-electron chi connectivity index (χ1n) is 2.90. The molecule has 0 rings (SSSR count). The van der Waals surface area contributed by atoms with E-state index in [4.69, 9.17) is 17.0 Å². The standard InChI is InChI=1S/C6H13NOS/c1-5(2)7(3)6(9)8-4/h5H,1-4H3. The Kier molecular flexibility index (Phi) is 3.54. The van der Waals surface area contributed by atoms with Gasteiger partial charge in [0, 0.05) is 13.1 Å². The summed E-state index contributed by atoms with van der Waals surface area (Å²) < 4.78 is 4.83. The van der Waals surface area contributed by atoms with Gasteiger partial charge in [0.05, 0.1) is 7.11 Å². The van der Waals surface area contributed by atoms with Gasteiger partial charge in [0.25, 0.3) is 5.17 Å². The minimum atomic E-state index is 0.414. The maximum atomic E-state index is 4.86. The van der Waals surface area contributed by atoms with Crippen LogP contribution >= 0.6 is 12.2 Å². The van der Waals surface area contributed by atoms with Gasteiger partial charge in [-0.1, -0.05) is 0 Å². The molecule has 0 spiro atoms. The van der Waals surface area contributed by atoms with Crippen molar-refractivity contribution in [3.8, 4) is 0 Å². The molecule has 0 unspecified atom stereocenters. The van der Waals surface area contributed by atoms with E-state index < -0.39 is 0 Å². The van der Waals surface area contributed by atoms with E-state index in [2.05, 4.69) is 13.8 Å². The predicted octanol–water partition coefficient (Wildman–Crippen LogP) is 1.26. The monoisotopic (exact) mass is 147 g/mol. The van der Waals surface area contributed by atoms with Crippen molar-refractivity contribution in [2.75, 3.05) is 14.2 Å². The van der Waals surface area contributed by atoms with Crippen molar-refractivity contribution in [1.82, 2.24) is 4.90 Å². The summed E-state index contributed by atoms with van der Waals surface area (Å²) in [5.41, 5.74) is 0. The zero-order chi connectivity index (χ0) is 7.44. The van der Waals surface area contributed by atoms with E-state index in [1.54, 1.807) is 7.11 Å². The molecule has 0 aliphatic rings. The third kappa shape index (κ3) is 2.65. The average molecular weight is 147 g/mol. The lowest BCUT2D eigenvalue weighted by Crippen LogP contribution is -2.32. The highest BCUT2D eigenvalue weighted by molar-refractivity contribution is 7.80. The molecule has 9 heavy (non-hydrogen) atoms. The minimum Gasteiger partial charge on any atom is -0.474 e. The highest BCUT2D eigenvalue weighted by Gasteiger charge is 2.05. The zero-order valence-corrected chi connectivity index (χ0v) is 7.16. The Balaban J connectivity index is 3.72.